The van der Waals surface area contributed by atoms with E-state index in [0.29, 0.717) is 47.0 Å². The van der Waals surface area contributed by atoms with Crippen molar-refractivity contribution in [3.63, 3.8) is 0 Å². The van der Waals surface area contributed by atoms with Crippen LogP contribution >= 0.6 is 15.9 Å². The monoisotopic (exact) mass is 1060 g/mol. The highest BCUT2D eigenvalue weighted by molar-refractivity contribution is 9.10. The Hall–Kier alpha value is -3.73. The Balaban J connectivity index is 0.000000463. The molecule has 1 unspecified atom stereocenters. The number of rotatable bonds is 24. The Morgan fingerprint density at radius 2 is 0.903 bits per heavy atom. The first-order valence-electron chi connectivity index (χ1n) is 28.9. The fraction of sp³-hybridized carbons (Fsp3) is 0.721. The van der Waals surface area contributed by atoms with E-state index in [-0.39, 0.29) is 5.92 Å². The van der Waals surface area contributed by atoms with Crippen molar-refractivity contribution in [2.24, 2.45) is 65.1 Å². The van der Waals surface area contributed by atoms with Gasteiger partial charge in [0.05, 0.1) is 31.3 Å². The molecule has 0 saturated carbocycles. The van der Waals surface area contributed by atoms with Crippen molar-refractivity contribution in [3.8, 4) is 0 Å². The van der Waals surface area contributed by atoms with Crippen molar-refractivity contribution < 1.29 is 2.74 Å². The lowest BCUT2D eigenvalue weighted by atomic mass is 9.98. The third kappa shape index (κ3) is 33.2. The van der Waals surface area contributed by atoms with Crippen molar-refractivity contribution in [3.05, 3.63) is 100 Å². The first-order valence-corrected chi connectivity index (χ1v) is 28.7. The van der Waals surface area contributed by atoms with Gasteiger partial charge in [0.2, 0.25) is 0 Å². The molecule has 410 valence electrons. The van der Waals surface area contributed by atoms with Gasteiger partial charge in [0.1, 0.15) is 4.60 Å². The van der Waals surface area contributed by atoms with E-state index in [9.17, 15) is 0 Å². The highest BCUT2D eigenvalue weighted by Gasteiger charge is 2.11. The summed E-state index contributed by atoms with van der Waals surface area (Å²) in [6.07, 6.45) is 28.3. The summed E-state index contributed by atoms with van der Waals surface area (Å²) >= 11 is 3.50. The fourth-order valence-corrected chi connectivity index (χ4v) is 8.08. The maximum absolute atomic E-state index is 7.93. The number of nitrogens with zero attached hydrogens (tertiary/aromatic N) is 10. The van der Waals surface area contributed by atoms with Crippen molar-refractivity contribution in [2.45, 2.75) is 223 Å². The van der Waals surface area contributed by atoms with Crippen LogP contribution in [0.5, 0.6) is 0 Å². The van der Waals surface area contributed by atoms with Crippen LogP contribution in [-0.2, 0) is 64.8 Å². The molecule has 0 bridgehead atoms. The van der Waals surface area contributed by atoms with Crippen LogP contribution in [0.25, 0.3) is 0 Å². The van der Waals surface area contributed by atoms with Gasteiger partial charge in [0.15, 0.2) is 0 Å². The SMILES string of the molecule is CC(C)/C=C/Cn1cc(CC(C)C)cn1.CC(C)CCCn1cc(CC(C)C)cn1.CC(C)Cc1cn(CC(C)C)nc1Br.CC(C)Cc1cnn(CC(C)C(C)C)c1.[2H]C([2H])(c1cnn(CC(C)C)c1)C(C)C. The quantitative estimate of drug-likeness (QED) is 0.0575. The summed E-state index contributed by atoms with van der Waals surface area (Å²) in [4.78, 5) is 0. The predicted molar refractivity (Wildman–Crippen MR) is 313 cm³/mol. The van der Waals surface area contributed by atoms with Gasteiger partial charge in [-0.3, -0.25) is 23.4 Å². The predicted octanol–water partition coefficient (Wildman–Crippen LogP) is 16.4. The molecule has 0 N–H and O–H groups in total. The molecule has 10 nitrogen and oxygen atoms in total. The molecule has 0 aliphatic heterocycles. The van der Waals surface area contributed by atoms with Crippen molar-refractivity contribution in [1.29, 1.82) is 0 Å². The second-order valence-corrected chi connectivity index (χ2v) is 25.0. The summed E-state index contributed by atoms with van der Waals surface area (Å²) in [5.41, 5.74) is 6.07. The molecular weight excluding hydrogens is 953 g/mol. The maximum atomic E-state index is 7.93. The molecule has 0 saturated heterocycles. The first-order chi connectivity index (χ1) is 34.5. The molecule has 0 aromatic carbocycles. The highest BCUT2D eigenvalue weighted by Crippen LogP contribution is 2.19. The molecule has 0 amide bonds. The van der Waals surface area contributed by atoms with E-state index in [1.807, 2.05) is 52.7 Å². The van der Waals surface area contributed by atoms with Gasteiger partial charge >= 0.3 is 0 Å². The number of hydrogen-bond acceptors (Lipinski definition) is 5. The highest BCUT2D eigenvalue weighted by atomic mass is 79.9. The molecule has 0 radical (unpaired) electrons. The standard InChI is InChI=1S/2C13H24N2.C13H22N2.C11H19BrN2.C11H20N2/c1-10(2)6-13-7-14-15(9-13)8-12(5)11(3)4;2*1-11(2)6-5-7-15-10-13(9-14-15)8-12(3)4;1-8(2)5-10-7-14(6-9(3)4)13-11(10)12;1-9(2)5-11-6-12-13(8-11)7-10(3)4/h7,9-12H,6,8H2,1-5H3;9-12H,5-8H2,1-4H3;5-6,9-12H,7-8H2,1-4H3;7-9H,5-6H2,1-4H3;6,8-10H,5,7H2,1-4H3/b;;6-5+;;/i;;;;5D2. The van der Waals surface area contributed by atoms with Crippen LogP contribution in [0, 0.1) is 65.1 Å². The Morgan fingerprint density at radius 1 is 0.472 bits per heavy atom. The van der Waals surface area contributed by atoms with E-state index in [0.717, 1.165) is 80.8 Å². The molecule has 0 aliphatic carbocycles. The minimum atomic E-state index is -1.28. The molecule has 5 heterocycles. The lowest BCUT2D eigenvalue weighted by Gasteiger charge is -2.14. The summed E-state index contributed by atoms with van der Waals surface area (Å²) in [5, 5.41) is 21.7. The minimum Gasteiger partial charge on any atom is -0.272 e. The van der Waals surface area contributed by atoms with Crippen LogP contribution < -0.4 is 0 Å². The summed E-state index contributed by atoms with van der Waals surface area (Å²) in [5.74, 6) is 6.80. The Bertz CT molecular complexity index is 2190. The van der Waals surface area contributed by atoms with Crippen molar-refractivity contribution >= 4 is 15.9 Å². The average Bonchev–Trinajstić information content (AvgIpc) is 4.13. The summed E-state index contributed by atoms with van der Waals surface area (Å²) in [6.45, 7) is 50.9. The summed E-state index contributed by atoms with van der Waals surface area (Å²) in [6, 6.07) is 0. The lowest BCUT2D eigenvalue weighted by Crippen LogP contribution is -2.13. The van der Waals surface area contributed by atoms with Gasteiger partial charge in [-0.25, -0.2) is 0 Å². The van der Waals surface area contributed by atoms with Crippen LogP contribution in [-0.4, -0.2) is 48.9 Å². The fourth-order valence-electron chi connectivity index (χ4n) is 7.61. The number of halogens is 1. The molecular formula is C61H109BrN10. The van der Waals surface area contributed by atoms with Crippen LogP contribution in [0.3, 0.4) is 0 Å². The van der Waals surface area contributed by atoms with E-state index < -0.39 is 6.37 Å². The van der Waals surface area contributed by atoms with E-state index in [1.54, 1.807) is 6.20 Å². The zero-order valence-electron chi connectivity index (χ0n) is 51.8. The molecule has 5 aromatic heterocycles. The first kappa shape index (κ1) is 62.6. The third-order valence-corrected chi connectivity index (χ3v) is 11.9. The molecule has 5 aromatic rings. The van der Waals surface area contributed by atoms with E-state index in [4.69, 9.17) is 2.74 Å². The average molecular weight is 1060 g/mol. The molecule has 5 rings (SSSR count). The van der Waals surface area contributed by atoms with Crippen molar-refractivity contribution in [2.75, 3.05) is 0 Å². The summed E-state index contributed by atoms with van der Waals surface area (Å²) < 4.78 is 26.9. The van der Waals surface area contributed by atoms with Gasteiger partial charge in [-0.1, -0.05) is 158 Å². The molecule has 0 aliphatic rings. The third-order valence-electron chi connectivity index (χ3n) is 11.2. The number of aromatic nitrogens is 10. The molecule has 0 spiro atoms. The maximum Gasteiger partial charge on any atom is 0.131 e. The molecule has 11 heteroatoms. The number of aryl methyl sites for hydroxylation is 1. The van der Waals surface area contributed by atoms with Gasteiger partial charge in [0, 0.05) is 65.5 Å². The summed E-state index contributed by atoms with van der Waals surface area (Å²) in [7, 11) is 0. The molecule has 72 heavy (non-hydrogen) atoms. The minimum absolute atomic E-state index is 0.0331. The van der Waals surface area contributed by atoms with Gasteiger partial charge < -0.3 is 0 Å². The lowest BCUT2D eigenvalue weighted by molar-refractivity contribution is 0.349. The molecule has 1 atom stereocenters. The topological polar surface area (TPSA) is 89.1 Å². The Labute approximate surface area is 453 Å². The molecule has 0 fully saturated rings. The van der Waals surface area contributed by atoms with E-state index >= 15 is 0 Å². The smallest absolute Gasteiger partial charge is 0.131 e. The zero-order chi connectivity index (χ0) is 56.3. The van der Waals surface area contributed by atoms with Gasteiger partial charge in [-0.05, 0) is 148 Å². The number of allylic oxidation sites excluding steroid dienone is 2. The van der Waals surface area contributed by atoms with Gasteiger partial charge in [-0.15, -0.1) is 0 Å². The number of hydrogen-bond donors (Lipinski definition) is 0. The largest absolute Gasteiger partial charge is 0.272 e. The zero-order valence-corrected chi connectivity index (χ0v) is 51.4. The van der Waals surface area contributed by atoms with Crippen LogP contribution in [0.4, 0.5) is 0 Å². The second kappa shape index (κ2) is 36.3. The van der Waals surface area contributed by atoms with Crippen LogP contribution in [0.15, 0.2) is 72.5 Å². The normalized spacial score (nSPS) is 12.8. The van der Waals surface area contributed by atoms with Crippen molar-refractivity contribution in [1.82, 2.24) is 48.9 Å². The van der Waals surface area contributed by atoms with Gasteiger partial charge in [0.25, 0.3) is 0 Å². The van der Waals surface area contributed by atoms with E-state index in [1.165, 1.54) is 35.1 Å². The van der Waals surface area contributed by atoms with Crippen LogP contribution in [0.2, 0.25) is 0 Å². The second-order valence-electron chi connectivity index (χ2n) is 24.3. The van der Waals surface area contributed by atoms with E-state index in [2.05, 4.69) is 219 Å². The Morgan fingerprint density at radius 3 is 1.36 bits per heavy atom. The van der Waals surface area contributed by atoms with Crippen LogP contribution in [0.1, 0.15) is 189 Å². The van der Waals surface area contributed by atoms with Gasteiger partial charge in [-0.2, -0.15) is 25.5 Å². The Kier molecular flexibility index (Phi) is 31.5.